The molecule has 0 fully saturated rings. The van der Waals surface area contributed by atoms with Gasteiger partial charge in [-0.2, -0.15) is 4.31 Å². The van der Waals surface area contributed by atoms with Crippen molar-refractivity contribution < 1.29 is 13.2 Å². The third-order valence-electron chi connectivity index (χ3n) is 3.23. The minimum Gasteiger partial charge on any atom is -0.351 e. The normalized spacial score (nSPS) is 11.4. The van der Waals surface area contributed by atoms with Crippen LogP contribution in [0.25, 0.3) is 0 Å². The van der Waals surface area contributed by atoms with Crippen molar-refractivity contribution in [2.45, 2.75) is 13.1 Å². The summed E-state index contributed by atoms with van der Waals surface area (Å²) in [7, 11) is -3.48. The molecule has 2 rings (SSSR count). The summed E-state index contributed by atoms with van der Waals surface area (Å²) in [6, 6.07) is 12.8. The van der Waals surface area contributed by atoms with Gasteiger partial charge in [0.1, 0.15) is 0 Å². The standard InChI is InChI=1S/C16H19N3O3S/c1-23(21,22)19(12-15-5-3-2-4-6-15)13-16(20)18-11-14-7-9-17-10-8-14/h2-10H,11-13H2,1H3,(H,18,20). The van der Waals surface area contributed by atoms with Gasteiger partial charge < -0.3 is 5.32 Å². The monoisotopic (exact) mass is 333 g/mol. The zero-order valence-electron chi connectivity index (χ0n) is 12.8. The van der Waals surface area contributed by atoms with E-state index in [2.05, 4.69) is 10.3 Å². The second kappa shape index (κ2) is 7.85. The maximum atomic E-state index is 12.0. The molecular weight excluding hydrogens is 314 g/mol. The molecule has 0 aliphatic rings. The van der Waals surface area contributed by atoms with Crippen LogP contribution < -0.4 is 5.32 Å². The summed E-state index contributed by atoms with van der Waals surface area (Å²) in [4.78, 5) is 15.9. The Bertz CT molecular complexity index is 734. The summed E-state index contributed by atoms with van der Waals surface area (Å²) >= 11 is 0. The predicted molar refractivity (Wildman–Crippen MR) is 87.8 cm³/mol. The molecule has 6 nitrogen and oxygen atoms in total. The van der Waals surface area contributed by atoms with Crippen LogP contribution in [-0.4, -0.2) is 36.4 Å². The average Bonchev–Trinajstić information content (AvgIpc) is 2.53. The summed E-state index contributed by atoms with van der Waals surface area (Å²) in [5.41, 5.74) is 1.74. The zero-order chi connectivity index (χ0) is 16.7. The van der Waals surface area contributed by atoms with Gasteiger partial charge >= 0.3 is 0 Å². The van der Waals surface area contributed by atoms with Crippen molar-refractivity contribution in [1.29, 1.82) is 0 Å². The van der Waals surface area contributed by atoms with Crippen molar-refractivity contribution in [3.05, 3.63) is 66.0 Å². The van der Waals surface area contributed by atoms with Crippen LogP contribution in [0.1, 0.15) is 11.1 Å². The van der Waals surface area contributed by atoms with E-state index < -0.39 is 10.0 Å². The third kappa shape index (κ3) is 5.80. The molecule has 1 aromatic heterocycles. The van der Waals surface area contributed by atoms with E-state index >= 15 is 0 Å². The first-order chi connectivity index (χ1) is 10.9. The van der Waals surface area contributed by atoms with Crippen LogP contribution in [0.2, 0.25) is 0 Å². The molecule has 0 bridgehead atoms. The Hall–Kier alpha value is -2.25. The van der Waals surface area contributed by atoms with Gasteiger partial charge in [0.15, 0.2) is 0 Å². The average molecular weight is 333 g/mol. The Morgan fingerprint density at radius 1 is 1.09 bits per heavy atom. The van der Waals surface area contributed by atoms with Gasteiger partial charge in [0.2, 0.25) is 15.9 Å². The Morgan fingerprint density at radius 2 is 1.74 bits per heavy atom. The van der Waals surface area contributed by atoms with E-state index in [9.17, 15) is 13.2 Å². The number of hydrogen-bond donors (Lipinski definition) is 1. The molecule has 2 aromatic rings. The van der Waals surface area contributed by atoms with Gasteiger partial charge in [-0.3, -0.25) is 9.78 Å². The first-order valence-corrected chi connectivity index (χ1v) is 8.94. The number of hydrogen-bond acceptors (Lipinski definition) is 4. The smallest absolute Gasteiger partial charge is 0.235 e. The lowest BCUT2D eigenvalue weighted by atomic mass is 10.2. The highest BCUT2D eigenvalue weighted by atomic mass is 32.2. The molecule has 23 heavy (non-hydrogen) atoms. The predicted octanol–water partition coefficient (Wildman–Crippen LogP) is 1.16. The third-order valence-corrected chi connectivity index (χ3v) is 4.43. The highest BCUT2D eigenvalue weighted by Crippen LogP contribution is 2.08. The summed E-state index contributed by atoms with van der Waals surface area (Å²) in [6.07, 6.45) is 4.38. The van der Waals surface area contributed by atoms with Crippen molar-refractivity contribution >= 4 is 15.9 Å². The minimum atomic E-state index is -3.48. The number of aromatic nitrogens is 1. The highest BCUT2D eigenvalue weighted by molar-refractivity contribution is 7.88. The first-order valence-electron chi connectivity index (χ1n) is 7.10. The van der Waals surface area contributed by atoms with Crippen LogP contribution in [0, 0.1) is 0 Å². The quantitative estimate of drug-likeness (QED) is 0.824. The van der Waals surface area contributed by atoms with E-state index in [0.717, 1.165) is 21.7 Å². The molecule has 0 radical (unpaired) electrons. The van der Waals surface area contributed by atoms with Crippen molar-refractivity contribution in [2.75, 3.05) is 12.8 Å². The van der Waals surface area contributed by atoms with Crippen LogP contribution >= 0.6 is 0 Å². The summed E-state index contributed by atoms with van der Waals surface area (Å²) < 4.78 is 24.9. The van der Waals surface area contributed by atoms with Crippen LogP contribution in [0.4, 0.5) is 0 Å². The van der Waals surface area contributed by atoms with Gasteiger partial charge in [0.25, 0.3) is 0 Å². The van der Waals surface area contributed by atoms with Crippen molar-refractivity contribution in [2.24, 2.45) is 0 Å². The van der Waals surface area contributed by atoms with Crippen molar-refractivity contribution in [3.8, 4) is 0 Å². The number of nitrogens with one attached hydrogen (secondary N) is 1. The van der Waals surface area contributed by atoms with E-state index in [4.69, 9.17) is 0 Å². The Kier molecular flexibility index (Phi) is 5.84. The molecule has 0 aliphatic carbocycles. The van der Waals surface area contributed by atoms with Gasteiger partial charge in [-0.25, -0.2) is 8.42 Å². The molecular formula is C16H19N3O3S. The number of benzene rings is 1. The Labute approximate surface area is 136 Å². The number of carbonyl (C=O) groups excluding carboxylic acids is 1. The lowest BCUT2D eigenvalue weighted by Crippen LogP contribution is -2.39. The lowest BCUT2D eigenvalue weighted by Gasteiger charge is -2.19. The Morgan fingerprint density at radius 3 is 2.35 bits per heavy atom. The number of sulfonamides is 1. The van der Waals surface area contributed by atoms with E-state index in [-0.39, 0.29) is 19.0 Å². The number of pyridine rings is 1. The fraction of sp³-hybridized carbons (Fsp3) is 0.250. The first kappa shape index (κ1) is 17.1. The molecule has 0 saturated carbocycles. The van der Waals surface area contributed by atoms with Gasteiger partial charge in [-0.05, 0) is 23.3 Å². The van der Waals surface area contributed by atoms with E-state index in [1.165, 1.54) is 0 Å². The number of carbonyl (C=O) groups is 1. The molecule has 0 spiro atoms. The van der Waals surface area contributed by atoms with E-state index in [1.54, 1.807) is 24.5 Å². The largest absolute Gasteiger partial charge is 0.351 e. The molecule has 0 saturated heterocycles. The molecule has 0 atom stereocenters. The maximum absolute atomic E-state index is 12.0. The van der Waals surface area contributed by atoms with Crippen LogP contribution in [-0.2, 0) is 27.9 Å². The maximum Gasteiger partial charge on any atom is 0.235 e. The fourth-order valence-electron chi connectivity index (χ4n) is 1.99. The van der Waals surface area contributed by atoms with Gasteiger partial charge in [-0.1, -0.05) is 30.3 Å². The summed E-state index contributed by atoms with van der Waals surface area (Å²) in [5, 5.41) is 2.71. The van der Waals surface area contributed by atoms with Crippen LogP contribution in [0.15, 0.2) is 54.9 Å². The molecule has 1 heterocycles. The molecule has 0 aliphatic heterocycles. The minimum absolute atomic E-state index is 0.169. The molecule has 7 heteroatoms. The topological polar surface area (TPSA) is 79.4 Å². The van der Waals surface area contributed by atoms with E-state index in [1.807, 2.05) is 30.3 Å². The van der Waals surface area contributed by atoms with Crippen molar-refractivity contribution in [1.82, 2.24) is 14.6 Å². The molecule has 1 N–H and O–H groups in total. The second-order valence-corrected chi connectivity index (χ2v) is 7.13. The van der Waals surface area contributed by atoms with Gasteiger partial charge in [0, 0.05) is 25.5 Å². The van der Waals surface area contributed by atoms with Crippen molar-refractivity contribution in [3.63, 3.8) is 0 Å². The Balaban J connectivity index is 1.96. The van der Waals surface area contributed by atoms with Crippen LogP contribution in [0.3, 0.4) is 0 Å². The number of amides is 1. The lowest BCUT2D eigenvalue weighted by molar-refractivity contribution is -0.121. The molecule has 1 amide bonds. The number of rotatable bonds is 7. The van der Waals surface area contributed by atoms with Crippen LogP contribution in [0.5, 0.6) is 0 Å². The molecule has 1 aromatic carbocycles. The van der Waals surface area contributed by atoms with E-state index in [0.29, 0.717) is 6.54 Å². The van der Waals surface area contributed by atoms with Gasteiger partial charge in [0.05, 0.1) is 12.8 Å². The number of nitrogens with zero attached hydrogens (tertiary/aromatic N) is 2. The van der Waals surface area contributed by atoms with Gasteiger partial charge in [-0.15, -0.1) is 0 Å². The SMILES string of the molecule is CS(=O)(=O)N(CC(=O)NCc1ccncc1)Cc1ccccc1. The second-order valence-electron chi connectivity index (χ2n) is 5.15. The molecule has 122 valence electrons. The summed E-state index contributed by atoms with van der Waals surface area (Å²) in [6.45, 7) is 0.297. The zero-order valence-corrected chi connectivity index (χ0v) is 13.7. The molecule has 0 unspecified atom stereocenters. The summed E-state index contributed by atoms with van der Waals surface area (Å²) in [5.74, 6) is -0.344. The fourth-order valence-corrected chi connectivity index (χ4v) is 2.73. The highest BCUT2D eigenvalue weighted by Gasteiger charge is 2.20.